The summed E-state index contributed by atoms with van der Waals surface area (Å²) in [5, 5.41) is 0.326. The number of pyridine rings is 1. The quantitative estimate of drug-likeness (QED) is 0.653. The van der Waals surface area contributed by atoms with Gasteiger partial charge in [0.2, 0.25) is 0 Å². The first-order valence-corrected chi connectivity index (χ1v) is 7.07. The van der Waals surface area contributed by atoms with Crippen LogP contribution >= 0.6 is 11.6 Å². The largest absolute Gasteiger partial charge is 0.377 e. The zero-order valence-electron chi connectivity index (χ0n) is 11.4. The SMILES string of the molecule is CCOC1CCCN(C(=O)c2nc(NN)ccc2Cl)C1. The van der Waals surface area contributed by atoms with Gasteiger partial charge in [-0.05, 0) is 31.9 Å². The van der Waals surface area contributed by atoms with Crippen LogP contribution in [0.1, 0.15) is 30.3 Å². The minimum Gasteiger partial charge on any atom is -0.377 e. The van der Waals surface area contributed by atoms with Crippen molar-refractivity contribution >= 4 is 23.3 Å². The molecule has 0 spiro atoms. The van der Waals surface area contributed by atoms with E-state index < -0.39 is 0 Å². The molecule has 0 radical (unpaired) electrons. The fourth-order valence-corrected chi connectivity index (χ4v) is 2.50. The number of anilines is 1. The number of nitrogen functional groups attached to an aromatic ring is 1. The number of rotatable bonds is 4. The molecule has 1 aromatic rings. The topological polar surface area (TPSA) is 80.5 Å². The van der Waals surface area contributed by atoms with E-state index in [4.69, 9.17) is 22.2 Å². The first kappa shape index (κ1) is 15.0. The summed E-state index contributed by atoms with van der Waals surface area (Å²) in [4.78, 5) is 18.4. The molecule has 0 aliphatic carbocycles. The summed E-state index contributed by atoms with van der Waals surface area (Å²) in [6.07, 6.45) is 1.98. The van der Waals surface area contributed by atoms with E-state index in [2.05, 4.69) is 10.4 Å². The summed E-state index contributed by atoms with van der Waals surface area (Å²) in [5.41, 5.74) is 2.64. The van der Waals surface area contributed by atoms with Crippen molar-refractivity contribution in [2.75, 3.05) is 25.1 Å². The first-order chi connectivity index (χ1) is 9.65. The Morgan fingerprint density at radius 1 is 1.65 bits per heavy atom. The van der Waals surface area contributed by atoms with Gasteiger partial charge in [0.05, 0.1) is 11.1 Å². The number of hydrogen-bond donors (Lipinski definition) is 2. The Bertz CT molecular complexity index is 481. The highest BCUT2D eigenvalue weighted by Crippen LogP contribution is 2.21. The number of carbonyl (C=O) groups is 1. The van der Waals surface area contributed by atoms with Crippen LogP contribution in [0.2, 0.25) is 5.02 Å². The molecule has 1 unspecified atom stereocenters. The second-order valence-corrected chi connectivity index (χ2v) is 5.05. The number of carbonyl (C=O) groups excluding carboxylic acids is 1. The molecule has 3 N–H and O–H groups in total. The maximum atomic E-state index is 12.5. The van der Waals surface area contributed by atoms with Crippen molar-refractivity contribution in [3.8, 4) is 0 Å². The van der Waals surface area contributed by atoms with E-state index in [0.29, 0.717) is 30.5 Å². The van der Waals surface area contributed by atoms with Gasteiger partial charge in [-0.3, -0.25) is 4.79 Å². The number of nitrogens with one attached hydrogen (secondary N) is 1. The van der Waals surface area contributed by atoms with Gasteiger partial charge in [-0.15, -0.1) is 0 Å². The van der Waals surface area contributed by atoms with E-state index in [1.165, 1.54) is 0 Å². The van der Waals surface area contributed by atoms with Gasteiger partial charge in [-0.2, -0.15) is 0 Å². The standard InChI is InChI=1S/C13H19ClN4O2/c1-2-20-9-4-3-7-18(8-9)13(19)12-10(14)5-6-11(16-12)17-15/h5-6,9H,2-4,7-8,15H2,1H3,(H,16,17). The van der Waals surface area contributed by atoms with Crippen LogP contribution in [0.25, 0.3) is 0 Å². The third-order valence-corrected chi connectivity index (χ3v) is 3.57. The fourth-order valence-electron chi connectivity index (χ4n) is 2.32. The normalized spacial score (nSPS) is 18.9. The van der Waals surface area contributed by atoms with Crippen LogP contribution in [-0.2, 0) is 4.74 Å². The third-order valence-electron chi connectivity index (χ3n) is 3.26. The number of aromatic nitrogens is 1. The molecule has 2 rings (SSSR count). The molecule has 20 heavy (non-hydrogen) atoms. The predicted molar refractivity (Wildman–Crippen MR) is 77.6 cm³/mol. The lowest BCUT2D eigenvalue weighted by atomic mass is 10.1. The second kappa shape index (κ2) is 6.88. The summed E-state index contributed by atoms with van der Waals surface area (Å²) in [5.74, 6) is 5.54. The first-order valence-electron chi connectivity index (χ1n) is 6.69. The Hall–Kier alpha value is -1.37. The van der Waals surface area contributed by atoms with Crippen LogP contribution in [-0.4, -0.2) is 41.6 Å². The van der Waals surface area contributed by atoms with Gasteiger partial charge >= 0.3 is 0 Å². The van der Waals surface area contributed by atoms with E-state index in [-0.39, 0.29) is 17.7 Å². The molecule has 1 aliphatic rings. The van der Waals surface area contributed by atoms with Gasteiger partial charge in [0.1, 0.15) is 11.5 Å². The monoisotopic (exact) mass is 298 g/mol. The second-order valence-electron chi connectivity index (χ2n) is 4.64. The van der Waals surface area contributed by atoms with Crippen molar-refractivity contribution in [3.63, 3.8) is 0 Å². The highest BCUT2D eigenvalue weighted by atomic mass is 35.5. The van der Waals surface area contributed by atoms with E-state index in [9.17, 15) is 4.79 Å². The molecule has 0 bridgehead atoms. The molecule has 1 amide bonds. The van der Waals surface area contributed by atoms with Crippen LogP contribution in [0, 0.1) is 0 Å². The van der Waals surface area contributed by atoms with Gasteiger partial charge in [0.25, 0.3) is 5.91 Å². The lowest BCUT2D eigenvalue weighted by molar-refractivity contribution is 0.00704. The number of halogens is 1. The molecule has 6 nitrogen and oxygen atoms in total. The minimum atomic E-state index is -0.184. The van der Waals surface area contributed by atoms with Gasteiger partial charge < -0.3 is 15.1 Å². The van der Waals surface area contributed by atoms with Crippen LogP contribution in [0.5, 0.6) is 0 Å². The van der Waals surface area contributed by atoms with Crippen LogP contribution in [0.3, 0.4) is 0 Å². The van der Waals surface area contributed by atoms with Crippen molar-refractivity contribution < 1.29 is 9.53 Å². The number of amides is 1. The molecule has 1 aromatic heterocycles. The molecule has 1 fully saturated rings. The van der Waals surface area contributed by atoms with Crippen molar-refractivity contribution in [1.82, 2.24) is 9.88 Å². The smallest absolute Gasteiger partial charge is 0.274 e. The molecule has 7 heteroatoms. The molecule has 1 atom stereocenters. The molecular weight excluding hydrogens is 280 g/mol. The number of likely N-dealkylation sites (tertiary alicyclic amines) is 1. The zero-order chi connectivity index (χ0) is 14.5. The summed E-state index contributed by atoms with van der Waals surface area (Å²) < 4.78 is 5.59. The number of nitrogens with two attached hydrogens (primary N) is 1. The van der Waals surface area contributed by atoms with Crippen molar-refractivity contribution in [1.29, 1.82) is 0 Å². The highest BCUT2D eigenvalue weighted by molar-refractivity contribution is 6.33. The Kier molecular flexibility index (Phi) is 5.17. The van der Waals surface area contributed by atoms with Crippen molar-refractivity contribution in [2.24, 2.45) is 5.84 Å². The molecule has 2 heterocycles. The molecule has 1 aliphatic heterocycles. The molecule has 110 valence electrons. The average molecular weight is 299 g/mol. The predicted octanol–water partition coefficient (Wildman–Crippen LogP) is 1.66. The summed E-state index contributed by atoms with van der Waals surface area (Å²) in [6.45, 7) is 3.87. The number of piperidine rings is 1. The van der Waals surface area contributed by atoms with Gasteiger partial charge in [0.15, 0.2) is 0 Å². The Balaban J connectivity index is 2.14. The van der Waals surface area contributed by atoms with E-state index in [0.717, 1.165) is 12.8 Å². The van der Waals surface area contributed by atoms with Crippen LogP contribution in [0.4, 0.5) is 5.82 Å². The maximum absolute atomic E-state index is 12.5. The van der Waals surface area contributed by atoms with Crippen molar-refractivity contribution in [3.05, 3.63) is 22.8 Å². The van der Waals surface area contributed by atoms with Crippen LogP contribution < -0.4 is 11.3 Å². The van der Waals surface area contributed by atoms with Gasteiger partial charge in [-0.25, -0.2) is 10.8 Å². The molecule has 0 aromatic carbocycles. The zero-order valence-corrected chi connectivity index (χ0v) is 12.2. The third kappa shape index (κ3) is 3.39. The van der Waals surface area contributed by atoms with E-state index >= 15 is 0 Å². The number of hydrogen-bond acceptors (Lipinski definition) is 5. The lowest BCUT2D eigenvalue weighted by Crippen LogP contribution is -2.43. The van der Waals surface area contributed by atoms with Crippen molar-refractivity contribution in [2.45, 2.75) is 25.9 Å². The molecular formula is C13H19ClN4O2. The van der Waals surface area contributed by atoms with Gasteiger partial charge in [0, 0.05) is 19.7 Å². The van der Waals surface area contributed by atoms with Gasteiger partial charge in [-0.1, -0.05) is 11.6 Å². The van der Waals surface area contributed by atoms with Crippen LogP contribution in [0.15, 0.2) is 12.1 Å². The number of hydrazine groups is 1. The molecule has 0 saturated carbocycles. The number of nitrogens with zero attached hydrogens (tertiary/aromatic N) is 2. The Morgan fingerprint density at radius 2 is 2.45 bits per heavy atom. The number of ether oxygens (including phenoxy) is 1. The summed E-state index contributed by atoms with van der Waals surface area (Å²) in [6, 6.07) is 3.24. The van der Waals surface area contributed by atoms with E-state index in [1.807, 2.05) is 6.92 Å². The highest BCUT2D eigenvalue weighted by Gasteiger charge is 2.26. The fraction of sp³-hybridized carbons (Fsp3) is 0.538. The maximum Gasteiger partial charge on any atom is 0.274 e. The van der Waals surface area contributed by atoms with E-state index in [1.54, 1.807) is 17.0 Å². The molecule has 1 saturated heterocycles. The Labute approximate surface area is 123 Å². The minimum absolute atomic E-state index is 0.0901. The Morgan fingerprint density at radius 3 is 3.15 bits per heavy atom. The average Bonchev–Trinajstić information content (AvgIpc) is 2.48. The lowest BCUT2D eigenvalue weighted by Gasteiger charge is -2.32. The summed E-state index contributed by atoms with van der Waals surface area (Å²) >= 11 is 6.05. The summed E-state index contributed by atoms with van der Waals surface area (Å²) in [7, 11) is 0.